The summed E-state index contributed by atoms with van der Waals surface area (Å²) in [5.41, 5.74) is 4.70. The van der Waals surface area contributed by atoms with E-state index in [-0.39, 0.29) is 17.3 Å². The zero-order chi connectivity index (χ0) is 11.3. The second-order valence-electron chi connectivity index (χ2n) is 2.80. The Bertz CT molecular complexity index is 427. The van der Waals surface area contributed by atoms with E-state index < -0.39 is 15.9 Å². The number of amides is 1. The molecule has 1 aromatic carbocycles. The van der Waals surface area contributed by atoms with Gasteiger partial charge >= 0.3 is 6.09 Å². The van der Waals surface area contributed by atoms with Gasteiger partial charge in [0.05, 0.1) is 10.6 Å². The van der Waals surface area contributed by atoms with Crippen molar-refractivity contribution >= 4 is 15.9 Å². The quantitative estimate of drug-likeness (QED) is 0.817. The van der Waals surface area contributed by atoms with E-state index in [1.54, 1.807) is 18.2 Å². The largest absolute Gasteiger partial charge is 0.449 e. The Hall–Kier alpha value is -1.56. The Morgan fingerprint density at radius 1 is 1.27 bits per heavy atom. The number of carbonyl (C=O) groups is 1. The van der Waals surface area contributed by atoms with Gasteiger partial charge in [-0.3, -0.25) is 0 Å². The third kappa shape index (κ3) is 3.59. The molecule has 0 aromatic heterocycles. The molecule has 0 spiro atoms. The zero-order valence-electron chi connectivity index (χ0n) is 7.92. The fourth-order valence-electron chi connectivity index (χ4n) is 0.998. The van der Waals surface area contributed by atoms with Gasteiger partial charge in [0.1, 0.15) is 6.61 Å². The number of hydrogen-bond donors (Lipinski definition) is 1. The summed E-state index contributed by atoms with van der Waals surface area (Å²) in [6.07, 6.45) is -0.974. The molecule has 2 N–H and O–H groups in total. The molecule has 0 unspecified atom stereocenters. The SMILES string of the molecule is NC(=O)OCCS(=O)(=O)c1ccccc1. The maximum Gasteiger partial charge on any atom is 0.404 e. The molecule has 0 aliphatic rings. The second-order valence-corrected chi connectivity index (χ2v) is 4.91. The molecule has 0 aliphatic carbocycles. The summed E-state index contributed by atoms with van der Waals surface area (Å²) in [4.78, 5) is 10.4. The number of benzene rings is 1. The van der Waals surface area contributed by atoms with E-state index in [0.29, 0.717) is 0 Å². The van der Waals surface area contributed by atoms with Gasteiger partial charge in [-0.1, -0.05) is 18.2 Å². The van der Waals surface area contributed by atoms with Crippen molar-refractivity contribution in [2.75, 3.05) is 12.4 Å². The van der Waals surface area contributed by atoms with Crippen molar-refractivity contribution in [3.8, 4) is 0 Å². The van der Waals surface area contributed by atoms with E-state index in [4.69, 9.17) is 5.73 Å². The molecule has 15 heavy (non-hydrogen) atoms. The average molecular weight is 229 g/mol. The molecule has 0 saturated carbocycles. The van der Waals surface area contributed by atoms with Crippen LogP contribution >= 0.6 is 0 Å². The fraction of sp³-hybridized carbons (Fsp3) is 0.222. The van der Waals surface area contributed by atoms with Crippen LogP contribution in [0.3, 0.4) is 0 Å². The lowest BCUT2D eigenvalue weighted by Crippen LogP contribution is -2.19. The molecule has 5 nitrogen and oxygen atoms in total. The van der Waals surface area contributed by atoms with Gasteiger partial charge in [0.15, 0.2) is 9.84 Å². The van der Waals surface area contributed by atoms with Crippen molar-refractivity contribution in [2.45, 2.75) is 4.90 Å². The third-order valence-corrected chi connectivity index (χ3v) is 3.39. The second kappa shape index (κ2) is 4.79. The Balaban J connectivity index is 2.65. The molecule has 0 saturated heterocycles. The Morgan fingerprint density at radius 3 is 2.40 bits per heavy atom. The minimum atomic E-state index is -3.39. The van der Waals surface area contributed by atoms with Crippen LogP contribution in [0, 0.1) is 0 Å². The minimum absolute atomic E-state index is 0.207. The van der Waals surface area contributed by atoms with E-state index in [1.165, 1.54) is 12.1 Å². The number of ether oxygens (including phenoxy) is 1. The number of nitrogens with two attached hydrogens (primary N) is 1. The van der Waals surface area contributed by atoms with Gasteiger partial charge in [0, 0.05) is 0 Å². The molecule has 0 bridgehead atoms. The topological polar surface area (TPSA) is 86.5 Å². The predicted molar refractivity (Wildman–Crippen MR) is 54.0 cm³/mol. The number of rotatable bonds is 4. The van der Waals surface area contributed by atoms with Gasteiger partial charge in [0.2, 0.25) is 0 Å². The molecule has 6 heteroatoms. The summed E-state index contributed by atoms with van der Waals surface area (Å²) in [5, 5.41) is 0. The highest BCUT2D eigenvalue weighted by Crippen LogP contribution is 2.09. The van der Waals surface area contributed by atoms with E-state index >= 15 is 0 Å². The lowest BCUT2D eigenvalue weighted by Gasteiger charge is -2.03. The Morgan fingerprint density at radius 2 is 1.87 bits per heavy atom. The average Bonchev–Trinajstić information content (AvgIpc) is 2.18. The molecule has 82 valence electrons. The molecule has 0 atom stereocenters. The van der Waals surface area contributed by atoms with Gasteiger partial charge in [0.25, 0.3) is 0 Å². The first-order valence-electron chi connectivity index (χ1n) is 4.22. The van der Waals surface area contributed by atoms with E-state index in [2.05, 4.69) is 4.74 Å². The third-order valence-electron chi connectivity index (χ3n) is 1.70. The van der Waals surface area contributed by atoms with Gasteiger partial charge in [-0.05, 0) is 12.1 Å². The Labute approximate surface area is 87.8 Å². The van der Waals surface area contributed by atoms with Gasteiger partial charge in [-0.2, -0.15) is 0 Å². The number of sulfone groups is 1. The molecular formula is C9H11NO4S. The summed E-state index contributed by atoms with van der Waals surface area (Å²) in [6, 6.07) is 7.95. The minimum Gasteiger partial charge on any atom is -0.449 e. The summed E-state index contributed by atoms with van der Waals surface area (Å²) in [6.45, 7) is -0.230. The lowest BCUT2D eigenvalue weighted by molar-refractivity contribution is 0.163. The molecular weight excluding hydrogens is 218 g/mol. The highest BCUT2D eigenvalue weighted by atomic mass is 32.2. The summed E-state index contributed by atoms with van der Waals surface area (Å²) in [5.74, 6) is -0.264. The van der Waals surface area contributed by atoms with Crippen LogP contribution in [-0.2, 0) is 14.6 Å². The van der Waals surface area contributed by atoms with Gasteiger partial charge in [-0.15, -0.1) is 0 Å². The zero-order valence-corrected chi connectivity index (χ0v) is 8.74. The maximum absolute atomic E-state index is 11.6. The van der Waals surface area contributed by atoms with Crippen molar-refractivity contribution in [1.82, 2.24) is 0 Å². The highest BCUT2D eigenvalue weighted by Gasteiger charge is 2.13. The first-order chi connectivity index (χ1) is 7.02. The molecule has 0 radical (unpaired) electrons. The van der Waals surface area contributed by atoms with E-state index in [9.17, 15) is 13.2 Å². The van der Waals surface area contributed by atoms with Crippen LogP contribution < -0.4 is 5.73 Å². The fourth-order valence-corrected chi connectivity index (χ4v) is 2.11. The van der Waals surface area contributed by atoms with Crippen molar-refractivity contribution in [2.24, 2.45) is 5.73 Å². The molecule has 1 amide bonds. The van der Waals surface area contributed by atoms with E-state index in [1.807, 2.05) is 0 Å². The number of hydrogen-bond acceptors (Lipinski definition) is 4. The van der Waals surface area contributed by atoms with Crippen LogP contribution in [0.2, 0.25) is 0 Å². The lowest BCUT2D eigenvalue weighted by atomic mass is 10.4. The predicted octanol–water partition coefficient (Wildman–Crippen LogP) is 0.556. The van der Waals surface area contributed by atoms with Crippen molar-refractivity contribution in [1.29, 1.82) is 0 Å². The number of primary amides is 1. The van der Waals surface area contributed by atoms with Crippen LogP contribution in [-0.4, -0.2) is 26.9 Å². The molecule has 1 aromatic rings. The van der Waals surface area contributed by atoms with Crippen molar-refractivity contribution in [3.63, 3.8) is 0 Å². The normalized spacial score (nSPS) is 10.9. The van der Waals surface area contributed by atoms with Crippen molar-refractivity contribution < 1.29 is 17.9 Å². The molecule has 1 rings (SSSR count). The number of carbonyl (C=O) groups excluding carboxylic acids is 1. The van der Waals surface area contributed by atoms with Crippen molar-refractivity contribution in [3.05, 3.63) is 30.3 Å². The highest BCUT2D eigenvalue weighted by molar-refractivity contribution is 7.91. The summed E-state index contributed by atoms with van der Waals surface area (Å²) >= 11 is 0. The monoisotopic (exact) mass is 229 g/mol. The summed E-state index contributed by atoms with van der Waals surface area (Å²) in [7, 11) is -3.39. The van der Waals surface area contributed by atoms with Crippen LogP contribution in [0.5, 0.6) is 0 Å². The molecule has 0 heterocycles. The van der Waals surface area contributed by atoms with Crippen LogP contribution in [0.25, 0.3) is 0 Å². The first-order valence-corrected chi connectivity index (χ1v) is 5.87. The van der Waals surface area contributed by atoms with Crippen LogP contribution in [0.15, 0.2) is 35.2 Å². The maximum atomic E-state index is 11.6. The standard InChI is InChI=1S/C9H11NO4S/c10-9(11)14-6-7-15(12,13)8-4-2-1-3-5-8/h1-5H,6-7H2,(H2,10,11). The van der Waals surface area contributed by atoms with Gasteiger partial charge in [-0.25, -0.2) is 13.2 Å². The first kappa shape index (κ1) is 11.5. The van der Waals surface area contributed by atoms with E-state index in [0.717, 1.165) is 0 Å². The van der Waals surface area contributed by atoms with Gasteiger partial charge < -0.3 is 10.5 Å². The smallest absolute Gasteiger partial charge is 0.404 e. The summed E-state index contributed by atoms with van der Waals surface area (Å²) < 4.78 is 27.5. The Kier molecular flexibility index (Phi) is 3.68. The molecule has 0 fully saturated rings. The van der Waals surface area contributed by atoms with Crippen LogP contribution in [0.4, 0.5) is 4.79 Å². The van der Waals surface area contributed by atoms with Crippen LogP contribution in [0.1, 0.15) is 0 Å². The molecule has 0 aliphatic heterocycles.